The van der Waals surface area contributed by atoms with E-state index in [1.54, 1.807) is 42.7 Å². The predicted molar refractivity (Wildman–Crippen MR) is 109 cm³/mol. The van der Waals surface area contributed by atoms with Crippen molar-refractivity contribution in [3.05, 3.63) is 89.7 Å². The standard InChI is InChI=1S/C21H21N3O3S/c1-15-5-3-7-19(13-15)24-28(26,27)20-8-4-6-18(14-20)21(25)23-16(2)17-9-11-22-12-10-17/h3-14,16,24H,1-2H3,(H,23,25). The van der Waals surface area contributed by atoms with Gasteiger partial charge in [-0.3, -0.25) is 14.5 Å². The first-order valence-corrected chi connectivity index (χ1v) is 10.2. The van der Waals surface area contributed by atoms with Gasteiger partial charge in [-0.05, 0) is 67.4 Å². The molecule has 28 heavy (non-hydrogen) atoms. The van der Waals surface area contributed by atoms with Crippen LogP contribution in [0.15, 0.2) is 78.0 Å². The number of amides is 1. The van der Waals surface area contributed by atoms with Gasteiger partial charge >= 0.3 is 0 Å². The Morgan fingerprint density at radius 3 is 2.43 bits per heavy atom. The third-order valence-electron chi connectivity index (χ3n) is 4.23. The summed E-state index contributed by atoms with van der Waals surface area (Å²) in [5.74, 6) is -0.350. The molecular formula is C21H21N3O3S. The van der Waals surface area contributed by atoms with Crippen LogP contribution in [-0.2, 0) is 10.0 Å². The summed E-state index contributed by atoms with van der Waals surface area (Å²) in [6.45, 7) is 3.74. The van der Waals surface area contributed by atoms with E-state index in [9.17, 15) is 13.2 Å². The summed E-state index contributed by atoms with van der Waals surface area (Å²) in [7, 11) is -3.81. The van der Waals surface area contributed by atoms with Crippen LogP contribution in [0.5, 0.6) is 0 Å². The SMILES string of the molecule is Cc1cccc(NS(=O)(=O)c2cccc(C(=O)NC(C)c3ccncc3)c2)c1. The molecule has 3 aromatic rings. The lowest BCUT2D eigenvalue weighted by atomic mass is 10.1. The second kappa shape index (κ2) is 8.22. The fourth-order valence-corrected chi connectivity index (χ4v) is 3.84. The maximum atomic E-state index is 12.7. The highest BCUT2D eigenvalue weighted by atomic mass is 32.2. The van der Waals surface area contributed by atoms with E-state index in [1.165, 1.54) is 12.1 Å². The van der Waals surface area contributed by atoms with Gasteiger partial charge in [0.1, 0.15) is 0 Å². The van der Waals surface area contributed by atoms with Crippen LogP contribution in [0.25, 0.3) is 0 Å². The summed E-state index contributed by atoms with van der Waals surface area (Å²) < 4.78 is 27.9. The number of anilines is 1. The molecule has 1 aromatic heterocycles. The number of aromatic nitrogens is 1. The van der Waals surface area contributed by atoms with Gasteiger partial charge in [0, 0.05) is 23.6 Å². The van der Waals surface area contributed by atoms with E-state index >= 15 is 0 Å². The van der Waals surface area contributed by atoms with Crippen molar-refractivity contribution >= 4 is 21.6 Å². The Bertz CT molecular complexity index is 1080. The van der Waals surface area contributed by atoms with Crippen LogP contribution in [0, 0.1) is 6.92 Å². The van der Waals surface area contributed by atoms with Gasteiger partial charge in [0.15, 0.2) is 0 Å². The third kappa shape index (κ3) is 4.75. The van der Waals surface area contributed by atoms with Gasteiger partial charge in [-0.25, -0.2) is 8.42 Å². The molecule has 1 atom stereocenters. The maximum absolute atomic E-state index is 12.7. The fourth-order valence-electron chi connectivity index (χ4n) is 2.74. The largest absolute Gasteiger partial charge is 0.346 e. The van der Waals surface area contributed by atoms with Crippen molar-refractivity contribution in [3.8, 4) is 0 Å². The number of aryl methyl sites for hydroxylation is 1. The summed E-state index contributed by atoms with van der Waals surface area (Å²) in [6, 6.07) is 16.4. The summed E-state index contributed by atoms with van der Waals surface area (Å²) in [5, 5.41) is 2.87. The molecule has 2 aromatic carbocycles. The second-order valence-corrected chi connectivity index (χ2v) is 8.16. The van der Waals surface area contributed by atoms with E-state index in [-0.39, 0.29) is 22.4 Å². The Morgan fingerprint density at radius 2 is 1.71 bits per heavy atom. The fraction of sp³-hybridized carbons (Fsp3) is 0.143. The van der Waals surface area contributed by atoms with Crippen LogP contribution >= 0.6 is 0 Å². The Hall–Kier alpha value is -3.19. The molecule has 0 saturated carbocycles. The number of hydrogen-bond donors (Lipinski definition) is 2. The number of benzene rings is 2. The molecule has 0 aliphatic rings. The van der Waals surface area contributed by atoms with Gasteiger partial charge in [0.25, 0.3) is 15.9 Å². The van der Waals surface area contributed by atoms with Gasteiger partial charge < -0.3 is 5.32 Å². The number of nitrogens with one attached hydrogen (secondary N) is 2. The third-order valence-corrected chi connectivity index (χ3v) is 5.61. The minimum absolute atomic E-state index is 0.0261. The molecule has 0 radical (unpaired) electrons. The van der Waals surface area contributed by atoms with Crippen molar-refractivity contribution in [2.45, 2.75) is 24.8 Å². The zero-order valence-electron chi connectivity index (χ0n) is 15.6. The molecule has 1 unspecified atom stereocenters. The number of nitrogens with zero attached hydrogens (tertiary/aromatic N) is 1. The lowest BCUT2D eigenvalue weighted by Crippen LogP contribution is -2.27. The zero-order chi connectivity index (χ0) is 20.1. The number of pyridine rings is 1. The minimum atomic E-state index is -3.81. The van der Waals surface area contributed by atoms with E-state index < -0.39 is 10.0 Å². The molecule has 1 heterocycles. The van der Waals surface area contributed by atoms with Gasteiger partial charge in [0.05, 0.1) is 10.9 Å². The number of sulfonamides is 1. The minimum Gasteiger partial charge on any atom is -0.346 e. The quantitative estimate of drug-likeness (QED) is 0.666. The summed E-state index contributed by atoms with van der Waals surface area (Å²) >= 11 is 0. The van der Waals surface area contributed by atoms with Crippen LogP contribution in [-0.4, -0.2) is 19.3 Å². The number of carbonyl (C=O) groups is 1. The van der Waals surface area contributed by atoms with Crippen LogP contribution in [0.2, 0.25) is 0 Å². The summed E-state index contributed by atoms with van der Waals surface area (Å²) in [5.41, 5.74) is 2.60. The smallest absolute Gasteiger partial charge is 0.261 e. The second-order valence-electron chi connectivity index (χ2n) is 6.48. The molecule has 1 amide bonds. The molecule has 0 saturated heterocycles. The van der Waals surface area contributed by atoms with E-state index in [0.717, 1.165) is 11.1 Å². The highest BCUT2D eigenvalue weighted by molar-refractivity contribution is 7.92. The molecule has 0 aliphatic heterocycles. The molecule has 3 rings (SSSR count). The van der Waals surface area contributed by atoms with Gasteiger partial charge in [-0.1, -0.05) is 18.2 Å². The Labute approximate surface area is 164 Å². The first kappa shape index (κ1) is 19.6. The molecule has 0 aliphatic carbocycles. The normalized spacial score (nSPS) is 12.2. The number of rotatable bonds is 6. The van der Waals surface area contributed by atoms with Crippen molar-refractivity contribution in [3.63, 3.8) is 0 Å². The molecule has 0 spiro atoms. The molecule has 7 heteroatoms. The zero-order valence-corrected chi connectivity index (χ0v) is 16.4. The van der Waals surface area contributed by atoms with E-state index in [4.69, 9.17) is 0 Å². The first-order valence-electron chi connectivity index (χ1n) is 8.75. The Morgan fingerprint density at radius 1 is 1.00 bits per heavy atom. The van der Waals surface area contributed by atoms with Crippen LogP contribution in [0.4, 0.5) is 5.69 Å². The van der Waals surface area contributed by atoms with Gasteiger partial charge in [0.2, 0.25) is 0 Å². The lowest BCUT2D eigenvalue weighted by molar-refractivity contribution is 0.0939. The Balaban J connectivity index is 1.78. The van der Waals surface area contributed by atoms with Crippen molar-refractivity contribution in [1.82, 2.24) is 10.3 Å². The maximum Gasteiger partial charge on any atom is 0.261 e. The molecular weight excluding hydrogens is 374 g/mol. The summed E-state index contributed by atoms with van der Waals surface area (Å²) in [4.78, 5) is 16.6. The molecule has 0 fully saturated rings. The van der Waals surface area contributed by atoms with Gasteiger partial charge in [-0.15, -0.1) is 0 Å². The predicted octanol–water partition coefficient (Wildman–Crippen LogP) is 3.68. The lowest BCUT2D eigenvalue weighted by Gasteiger charge is -2.15. The van der Waals surface area contributed by atoms with E-state index in [1.807, 2.05) is 32.0 Å². The highest BCUT2D eigenvalue weighted by Crippen LogP contribution is 2.19. The number of carbonyl (C=O) groups excluding carboxylic acids is 1. The van der Waals surface area contributed by atoms with Crippen LogP contribution < -0.4 is 10.0 Å². The topological polar surface area (TPSA) is 88.2 Å². The molecule has 2 N–H and O–H groups in total. The van der Waals surface area contributed by atoms with Crippen molar-refractivity contribution in [2.75, 3.05) is 4.72 Å². The van der Waals surface area contributed by atoms with E-state index in [0.29, 0.717) is 5.69 Å². The first-order chi connectivity index (χ1) is 13.3. The molecule has 6 nitrogen and oxygen atoms in total. The Kier molecular flexibility index (Phi) is 5.75. The van der Waals surface area contributed by atoms with Crippen molar-refractivity contribution in [1.29, 1.82) is 0 Å². The van der Waals surface area contributed by atoms with Crippen molar-refractivity contribution in [2.24, 2.45) is 0 Å². The van der Waals surface area contributed by atoms with Crippen molar-refractivity contribution < 1.29 is 13.2 Å². The highest BCUT2D eigenvalue weighted by Gasteiger charge is 2.18. The van der Waals surface area contributed by atoms with Gasteiger partial charge in [-0.2, -0.15) is 0 Å². The average Bonchev–Trinajstić information content (AvgIpc) is 2.68. The van der Waals surface area contributed by atoms with Crippen LogP contribution in [0.3, 0.4) is 0 Å². The average molecular weight is 395 g/mol. The monoisotopic (exact) mass is 395 g/mol. The van der Waals surface area contributed by atoms with E-state index in [2.05, 4.69) is 15.0 Å². The summed E-state index contributed by atoms with van der Waals surface area (Å²) in [6.07, 6.45) is 3.31. The van der Waals surface area contributed by atoms with Crippen LogP contribution in [0.1, 0.15) is 34.5 Å². The molecule has 144 valence electrons. The molecule has 0 bridgehead atoms. The number of hydrogen-bond acceptors (Lipinski definition) is 4.